The molecule has 0 aromatic heterocycles. The number of aliphatic hydroxyl groups excluding tert-OH is 9. The molecule has 17 nitrogen and oxygen atoms in total. The molecule has 0 aromatic carbocycles. The van der Waals surface area contributed by atoms with Crippen LogP contribution in [-0.4, -0.2) is 162 Å². The molecule has 17 heteroatoms. The second-order valence-electron chi connectivity index (χ2n) is 8.29. The number of aliphatic hydroxyl groups is 10. The monoisotopic (exact) mass is 516 g/mol. The Morgan fingerprint density at radius 1 is 0.829 bits per heavy atom. The zero-order valence-corrected chi connectivity index (χ0v) is 17.9. The third kappa shape index (κ3) is 4.53. The number of ether oxygens (including phenoxy) is 5. The van der Waals surface area contributed by atoms with Gasteiger partial charge in [-0.05, 0) is 0 Å². The number of rotatable bonds is 7. The van der Waals surface area contributed by atoms with Crippen molar-refractivity contribution in [3.8, 4) is 0 Å². The van der Waals surface area contributed by atoms with E-state index in [1.807, 2.05) is 0 Å². The molecule has 0 aromatic rings. The van der Waals surface area contributed by atoms with E-state index < -0.39 is 111 Å². The van der Waals surface area contributed by atoms with Crippen LogP contribution in [0.1, 0.15) is 0 Å². The Labute approximate surface area is 196 Å². The summed E-state index contributed by atoms with van der Waals surface area (Å²) in [5.74, 6) is -6.52. The third-order valence-electron chi connectivity index (χ3n) is 6.14. The van der Waals surface area contributed by atoms with Gasteiger partial charge in [-0.25, -0.2) is 9.59 Å². The maximum Gasteiger partial charge on any atom is 0.359 e. The quantitative estimate of drug-likeness (QED) is 0.141. The first-order chi connectivity index (χ1) is 16.4. The van der Waals surface area contributed by atoms with Gasteiger partial charge in [0.15, 0.2) is 6.29 Å². The summed E-state index contributed by atoms with van der Waals surface area (Å²) < 4.78 is 25.0. The predicted molar refractivity (Wildman–Crippen MR) is 100 cm³/mol. The van der Waals surface area contributed by atoms with Crippen molar-refractivity contribution in [2.75, 3.05) is 26.4 Å². The van der Waals surface area contributed by atoms with Crippen LogP contribution in [0.4, 0.5) is 0 Å². The number of hydrogen-bond acceptors (Lipinski definition) is 17. The van der Waals surface area contributed by atoms with Crippen LogP contribution in [0.25, 0.3) is 0 Å². The maximum atomic E-state index is 12.6. The van der Waals surface area contributed by atoms with E-state index in [2.05, 4.69) is 4.74 Å². The number of cyclic esters (lactones) is 2. The molecule has 3 rings (SSSR count). The zero-order chi connectivity index (χ0) is 26.3. The van der Waals surface area contributed by atoms with Crippen LogP contribution >= 0.6 is 0 Å². The smallest absolute Gasteiger partial charge is 0.359 e. The van der Waals surface area contributed by atoms with E-state index in [9.17, 15) is 55.5 Å². The molecule has 2 unspecified atom stereocenters. The molecule has 0 spiro atoms. The van der Waals surface area contributed by atoms with Gasteiger partial charge in [0.2, 0.25) is 11.9 Å². The zero-order valence-electron chi connectivity index (χ0n) is 17.9. The minimum atomic E-state index is -3.43. The second kappa shape index (κ2) is 10.4. The molecule has 35 heavy (non-hydrogen) atoms. The maximum absolute atomic E-state index is 12.6. The van der Waals surface area contributed by atoms with E-state index in [0.29, 0.717) is 0 Å². The van der Waals surface area contributed by atoms with Crippen molar-refractivity contribution in [3.63, 3.8) is 0 Å². The molecular weight excluding hydrogens is 488 g/mol. The summed E-state index contributed by atoms with van der Waals surface area (Å²) in [6, 6.07) is 0. The Kier molecular flexibility index (Phi) is 8.34. The fraction of sp³-hybridized carbons (Fsp3) is 0.889. The van der Waals surface area contributed by atoms with Gasteiger partial charge >= 0.3 is 11.9 Å². The van der Waals surface area contributed by atoms with Crippen LogP contribution in [0, 0.1) is 0 Å². The molecule has 3 heterocycles. The number of hydrogen-bond donors (Lipinski definition) is 10. The lowest BCUT2D eigenvalue weighted by atomic mass is 9.81. The first kappa shape index (κ1) is 28.0. The molecule has 0 saturated carbocycles. The minimum absolute atomic E-state index is 0.778. The lowest BCUT2D eigenvalue weighted by molar-refractivity contribution is -0.406. The van der Waals surface area contributed by atoms with Crippen molar-refractivity contribution in [3.05, 3.63) is 0 Å². The van der Waals surface area contributed by atoms with Crippen molar-refractivity contribution >= 4 is 11.9 Å². The lowest BCUT2D eigenvalue weighted by Gasteiger charge is -2.53. The van der Waals surface area contributed by atoms with Gasteiger partial charge in [0.25, 0.3) is 5.60 Å². The molecule has 0 aliphatic carbocycles. The van der Waals surface area contributed by atoms with Gasteiger partial charge in [0.1, 0.15) is 48.8 Å². The average Bonchev–Trinajstić information content (AvgIpc) is 2.84. The molecule has 3 aliphatic heterocycles. The predicted octanol–water partition coefficient (Wildman–Crippen LogP) is -7.83. The van der Waals surface area contributed by atoms with Gasteiger partial charge < -0.3 is 74.7 Å². The van der Waals surface area contributed by atoms with E-state index in [4.69, 9.17) is 24.1 Å². The highest BCUT2D eigenvalue weighted by molar-refractivity contribution is 5.91. The standard InChI is InChI=1S/C18H28O17/c19-1-5-8(22)10(24)12(26)15(32-5)31-3-7-9(23)11(25)13(27)18(30,34-7)17(4-21)16(29)33-6(2-20)14(28)35-17/h5-13,15,19-27,30H,1-4H2/t5-,6?,7-,8-,9-,10+,11+,12-,13-,15+,17?,18-/m1/s1. The molecule has 3 aliphatic rings. The van der Waals surface area contributed by atoms with Gasteiger partial charge in [-0.1, -0.05) is 0 Å². The summed E-state index contributed by atoms with van der Waals surface area (Å²) in [7, 11) is 0. The molecule has 0 radical (unpaired) electrons. The fourth-order valence-corrected chi connectivity index (χ4v) is 3.96. The first-order valence-electron chi connectivity index (χ1n) is 10.4. The van der Waals surface area contributed by atoms with Crippen molar-refractivity contribution in [2.45, 2.75) is 72.6 Å². The van der Waals surface area contributed by atoms with Crippen LogP contribution in [-0.2, 0) is 33.3 Å². The Morgan fingerprint density at radius 2 is 1.46 bits per heavy atom. The Bertz CT molecular complexity index is 778. The van der Waals surface area contributed by atoms with Crippen LogP contribution in [0.2, 0.25) is 0 Å². The molecule has 3 fully saturated rings. The molecule has 12 atom stereocenters. The van der Waals surface area contributed by atoms with Gasteiger partial charge in [-0.3, -0.25) is 0 Å². The molecular formula is C18H28O17. The SMILES string of the molecule is O=C1OC(CO)([C@]2(O)O[C@H](CO[C@H]3O[C@H](CO)[C@@H](O)[C@H](O)[C@H]3O)[C@@H](O)[C@H](O)[C@H]2O)C(=O)OC1CO. The first-order valence-corrected chi connectivity index (χ1v) is 10.4. The Balaban J connectivity index is 1.84. The topological polar surface area (TPSA) is 283 Å². The second-order valence-corrected chi connectivity index (χ2v) is 8.29. The van der Waals surface area contributed by atoms with E-state index in [-0.39, 0.29) is 0 Å². The summed E-state index contributed by atoms with van der Waals surface area (Å²) in [6.45, 7) is -4.21. The fourth-order valence-electron chi connectivity index (χ4n) is 3.96. The van der Waals surface area contributed by atoms with Gasteiger partial charge in [-0.15, -0.1) is 0 Å². The summed E-state index contributed by atoms with van der Waals surface area (Å²) in [4.78, 5) is 24.7. The summed E-state index contributed by atoms with van der Waals surface area (Å²) >= 11 is 0. The number of esters is 2. The van der Waals surface area contributed by atoms with Crippen molar-refractivity contribution < 1.29 is 84.3 Å². The lowest BCUT2D eigenvalue weighted by Crippen LogP contribution is -2.79. The Hall–Kier alpha value is -1.58. The van der Waals surface area contributed by atoms with Crippen molar-refractivity contribution in [2.24, 2.45) is 0 Å². The third-order valence-corrected chi connectivity index (χ3v) is 6.14. The number of carbonyl (C=O) groups is 2. The highest BCUT2D eigenvalue weighted by Crippen LogP contribution is 2.41. The summed E-state index contributed by atoms with van der Waals surface area (Å²) in [5.41, 5.74) is -3.17. The van der Waals surface area contributed by atoms with E-state index in [0.717, 1.165) is 0 Å². The van der Waals surface area contributed by atoms with Gasteiger partial charge in [-0.2, -0.15) is 0 Å². The van der Waals surface area contributed by atoms with Crippen LogP contribution in [0.5, 0.6) is 0 Å². The van der Waals surface area contributed by atoms with Crippen molar-refractivity contribution in [1.82, 2.24) is 0 Å². The van der Waals surface area contributed by atoms with E-state index in [1.165, 1.54) is 0 Å². The van der Waals surface area contributed by atoms with Crippen LogP contribution in [0.3, 0.4) is 0 Å². The van der Waals surface area contributed by atoms with Crippen molar-refractivity contribution in [1.29, 1.82) is 0 Å². The van der Waals surface area contributed by atoms with Gasteiger partial charge in [0, 0.05) is 0 Å². The minimum Gasteiger partial charge on any atom is -0.445 e. The average molecular weight is 516 g/mol. The van der Waals surface area contributed by atoms with Crippen LogP contribution in [0.15, 0.2) is 0 Å². The molecule has 0 bridgehead atoms. The molecule has 10 N–H and O–H groups in total. The Morgan fingerprint density at radius 3 is 2.03 bits per heavy atom. The molecule has 3 saturated heterocycles. The summed E-state index contributed by atoms with van der Waals surface area (Å²) in [6.07, 6.45) is -19.0. The van der Waals surface area contributed by atoms with E-state index in [1.54, 1.807) is 0 Å². The largest absolute Gasteiger partial charge is 0.445 e. The highest BCUT2D eigenvalue weighted by atomic mass is 16.7. The molecule has 202 valence electrons. The van der Waals surface area contributed by atoms with E-state index >= 15 is 0 Å². The molecule has 0 amide bonds. The number of carbonyl (C=O) groups excluding carboxylic acids is 2. The van der Waals surface area contributed by atoms with Crippen LogP contribution < -0.4 is 0 Å². The highest BCUT2D eigenvalue weighted by Gasteiger charge is 2.72. The summed E-state index contributed by atoms with van der Waals surface area (Å²) in [5, 5.41) is 100.0. The van der Waals surface area contributed by atoms with Gasteiger partial charge in [0.05, 0.1) is 26.4 Å². The normalized spacial score (nSPS) is 48.9.